The molecule has 4 rings (SSSR count). The van der Waals surface area contributed by atoms with Crippen molar-refractivity contribution in [2.24, 2.45) is 0 Å². The highest BCUT2D eigenvalue weighted by Gasteiger charge is 2.30. The molecule has 3 heterocycles. The summed E-state index contributed by atoms with van der Waals surface area (Å²) in [5.74, 6) is 0.345. The van der Waals surface area contributed by atoms with Gasteiger partial charge in [0.2, 0.25) is 5.91 Å². The number of benzene rings is 1. The molecule has 0 unspecified atom stereocenters. The first-order valence-corrected chi connectivity index (χ1v) is 12.3. The minimum absolute atomic E-state index is 0.296. The summed E-state index contributed by atoms with van der Waals surface area (Å²) < 4.78 is 5.98. The molecule has 0 aliphatic carbocycles. The van der Waals surface area contributed by atoms with Crippen LogP contribution in [0.3, 0.4) is 0 Å². The molecule has 6 heteroatoms. The Morgan fingerprint density at radius 3 is 2.50 bits per heavy atom. The van der Waals surface area contributed by atoms with Gasteiger partial charge in [-0.2, -0.15) is 0 Å². The van der Waals surface area contributed by atoms with Crippen LogP contribution in [0.2, 0.25) is 0 Å². The number of rotatable bonds is 8. The molecule has 0 atom stereocenters. The van der Waals surface area contributed by atoms with Crippen LogP contribution in [0.25, 0.3) is 0 Å². The highest BCUT2D eigenvalue weighted by atomic mass is 32.1. The number of amides is 1. The SMILES string of the molecule is O=C(CCCCc1ccccc1)N1CCC(N2CCC(Oc3nccs3)CC2)CC1. The molecule has 2 aliphatic rings. The van der Waals surface area contributed by atoms with Crippen LogP contribution in [0.4, 0.5) is 0 Å². The number of hydrogen-bond donors (Lipinski definition) is 0. The zero-order chi connectivity index (χ0) is 20.6. The fourth-order valence-corrected chi connectivity index (χ4v) is 5.21. The molecule has 2 aromatic rings. The van der Waals surface area contributed by atoms with E-state index in [0.717, 1.165) is 76.3 Å². The summed E-state index contributed by atoms with van der Waals surface area (Å²) in [6.45, 7) is 4.01. The van der Waals surface area contributed by atoms with Crippen molar-refractivity contribution in [3.8, 4) is 5.19 Å². The van der Waals surface area contributed by atoms with Gasteiger partial charge in [0, 0.05) is 50.2 Å². The van der Waals surface area contributed by atoms with Crippen LogP contribution in [-0.4, -0.2) is 59.0 Å². The van der Waals surface area contributed by atoms with Gasteiger partial charge in [0.05, 0.1) is 0 Å². The Balaban J connectivity index is 1.11. The van der Waals surface area contributed by atoms with E-state index in [2.05, 4.69) is 45.1 Å². The quantitative estimate of drug-likeness (QED) is 0.586. The molecule has 2 aliphatic heterocycles. The molecule has 1 aromatic heterocycles. The van der Waals surface area contributed by atoms with Crippen LogP contribution in [0.15, 0.2) is 41.9 Å². The van der Waals surface area contributed by atoms with Crippen molar-refractivity contribution in [2.45, 2.75) is 63.5 Å². The fourth-order valence-electron chi connectivity index (χ4n) is 4.66. The van der Waals surface area contributed by atoms with Gasteiger partial charge in [-0.05, 0) is 50.5 Å². The van der Waals surface area contributed by atoms with E-state index >= 15 is 0 Å². The van der Waals surface area contributed by atoms with Gasteiger partial charge in [-0.3, -0.25) is 9.69 Å². The third-order valence-electron chi connectivity index (χ3n) is 6.44. The van der Waals surface area contributed by atoms with Gasteiger partial charge < -0.3 is 9.64 Å². The number of piperidine rings is 2. The molecule has 0 saturated carbocycles. The smallest absolute Gasteiger partial charge is 0.273 e. The first-order chi connectivity index (χ1) is 14.8. The van der Waals surface area contributed by atoms with Crippen molar-refractivity contribution >= 4 is 17.2 Å². The monoisotopic (exact) mass is 427 g/mol. The van der Waals surface area contributed by atoms with Gasteiger partial charge in [-0.25, -0.2) is 4.98 Å². The number of thiazole rings is 1. The maximum atomic E-state index is 12.6. The summed E-state index contributed by atoms with van der Waals surface area (Å²) in [5, 5.41) is 2.76. The Labute approximate surface area is 184 Å². The van der Waals surface area contributed by atoms with E-state index < -0.39 is 0 Å². The average molecular weight is 428 g/mol. The van der Waals surface area contributed by atoms with E-state index in [4.69, 9.17) is 4.74 Å². The first kappa shape index (κ1) is 21.3. The molecule has 30 heavy (non-hydrogen) atoms. The number of carbonyl (C=O) groups is 1. The summed E-state index contributed by atoms with van der Waals surface area (Å²) in [4.78, 5) is 21.5. The molecule has 5 nitrogen and oxygen atoms in total. The van der Waals surface area contributed by atoms with Gasteiger partial charge >= 0.3 is 0 Å². The number of aromatic nitrogens is 1. The van der Waals surface area contributed by atoms with Crippen LogP contribution in [0, 0.1) is 0 Å². The summed E-state index contributed by atoms with van der Waals surface area (Å²) in [5.41, 5.74) is 1.37. The van der Waals surface area contributed by atoms with E-state index in [-0.39, 0.29) is 0 Å². The Hall–Kier alpha value is -1.92. The zero-order valence-corrected chi connectivity index (χ0v) is 18.6. The van der Waals surface area contributed by atoms with E-state index in [9.17, 15) is 4.79 Å². The second-order valence-electron chi connectivity index (χ2n) is 8.46. The number of ether oxygens (including phenoxy) is 1. The van der Waals surface area contributed by atoms with Gasteiger partial charge in [0.15, 0.2) is 0 Å². The van der Waals surface area contributed by atoms with Gasteiger partial charge in [0.25, 0.3) is 5.19 Å². The lowest BCUT2D eigenvalue weighted by Crippen LogP contribution is -2.50. The number of hydrogen-bond acceptors (Lipinski definition) is 5. The number of nitrogens with zero attached hydrogens (tertiary/aromatic N) is 3. The summed E-state index contributed by atoms with van der Waals surface area (Å²) in [7, 11) is 0. The van der Waals surface area contributed by atoms with Crippen LogP contribution >= 0.6 is 11.3 Å². The normalized spacial score (nSPS) is 19.1. The largest absolute Gasteiger partial charge is 0.467 e. The van der Waals surface area contributed by atoms with Gasteiger partial charge in [0.1, 0.15) is 6.10 Å². The summed E-state index contributed by atoms with van der Waals surface area (Å²) >= 11 is 1.57. The standard InChI is InChI=1S/C24H33N3O2S/c28-23(9-5-4-8-20-6-2-1-3-7-20)27-15-10-21(11-16-27)26-17-12-22(13-18-26)29-24-25-14-19-30-24/h1-3,6-7,14,19,21-22H,4-5,8-13,15-18H2. The number of likely N-dealkylation sites (tertiary alicyclic amines) is 2. The third kappa shape index (κ3) is 6.05. The van der Waals surface area contributed by atoms with Gasteiger partial charge in [-0.1, -0.05) is 41.7 Å². The van der Waals surface area contributed by atoms with Crippen molar-refractivity contribution in [3.63, 3.8) is 0 Å². The van der Waals surface area contributed by atoms with Crippen molar-refractivity contribution < 1.29 is 9.53 Å². The lowest BCUT2D eigenvalue weighted by molar-refractivity contribution is -0.133. The summed E-state index contributed by atoms with van der Waals surface area (Å²) in [6, 6.07) is 11.2. The Bertz CT molecular complexity index is 752. The average Bonchev–Trinajstić information content (AvgIpc) is 3.31. The number of aryl methyl sites for hydroxylation is 1. The second-order valence-corrected chi connectivity index (χ2v) is 9.31. The first-order valence-electron chi connectivity index (χ1n) is 11.4. The highest BCUT2D eigenvalue weighted by Crippen LogP contribution is 2.25. The molecule has 2 fully saturated rings. The molecule has 0 bridgehead atoms. The van der Waals surface area contributed by atoms with E-state index in [0.29, 0.717) is 24.5 Å². The van der Waals surface area contributed by atoms with Crippen molar-refractivity contribution in [3.05, 3.63) is 47.5 Å². The molecule has 2 saturated heterocycles. The van der Waals surface area contributed by atoms with E-state index in [1.807, 2.05) is 5.38 Å². The van der Waals surface area contributed by atoms with Crippen molar-refractivity contribution in [2.75, 3.05) is 26.2 Å². The topological polar surface area (TPSA) is 45.7 Å². The molecule has 162 valence electrons. The Morgan fingerprint density at radius 1 is 1.03 bits per heavy atom. The zero-order valence-electron chi connectivity index (χ0n) is 17.7. The third-order valence-corrected chi connectivity index (χ3v) is 7.10. The van der Waals surface area contributed by atoms with Crippen LogP contribution in [-0.2, 0) is 11.2 Å². The van der Waals surface area contributed by atoms with Crippen LogP contribution < -0.4 is 4.74 Å². The van der Waals surface area contributed by atoms with Crippen LogP contribution in [0.5, 0.6) is 5.19 Å². The minimum Gasteiger partial charge on any atom is -0.467 e. The maximum absolute atomic E-state index is 12.6. The number of unbranched alkanes of at least 4 members (excludes halogenated alkanes) is 1. The molecule has 1 aromatic carbocycles. The molecule has 0 N–H and O–H groups in total. The molecule has 1 amide bonds. The van der Waals surface area contributed by atoms with E-state index in [1.54, 1.807) is 17.5 Å². The molecular formula is C24H33N3O2S. The van der Waals surface area contributed by atoms with Crippen LogP contribution in [0.1, 0.15) is 50.5 Å². The molecule has 0 radical (unpaired) electrons. The number of carbonyl (C=O) groups excluding carboxylic acids is 1. The lowest BCUT2D eigenvalue weighted by atomic mass is 9.98. The predicted molar refractivity (Wildman–Crippen MR) is 121 cm³/mol. The predicted octanol–water partition coefficient (Wildman–Crippen LogP) is 4.39. The van der Waals surface area contributed by atoms with E-state index in [1.165, 1.54) is 5.56 Å². The summed E-state index contributed by atoms with van der Waals surface area (Å²) in [6.07, 6.45) is 10.3. The maximum Gasteiger partial charge on any atom is 0.273 e. The Kier molecular flexibility index (Phi) is 7.76. The van der Waals surface area contributed by atoms with Crippen molar-refractivity contribution in [1.82, 2.24) is 14.8 Å². The second kappa shape index (κ2) is 10.9. The minimum atomic E-state index is 0.296. The molecule has 0 spiro atoms. The highest BCUT2D eigenvalue weighted by molar-refractivity contribution is 7.11. The molecular weight excluding hydrogens is 394 g/mol. The van der Waals surface area contributed by atoms with Crippen molar-refractivity contribution in [1.29, 1.82) is 0 Å². The van der Waals surface area contributed by atoms with Gasteiger partial charge in [-0.15, -0.1) is 0 Å². The fraction of sp³-hybridized carbons (Fsp3) is 0.583. The lowest BCUT2D eigenvalue weighted by Gasteiger charge is -2.41. The Morgan fingerprint density at radius 2 is 1.80 bits per heavy atom.